The molecule has 16 heavy (non-hydrogen) atoms. The highest BCUT2D eigenvalue weighted by molar-refractivity contribution is 5.87. The topological polar surface area (TPSA) is 90.8 Å². The van der Waals surface area contributed by atoms with Gasteiger partial charge in [0.2, 0.25) is 0 Å². The predicted molar refractivity (Wildman–Crippen MR) is 60.9 cm³/mol. The summed E-state index contributed by atoms with van der Waals surface area (Å²) in [5.74, 6) is 5.06. The minimum Gasteiger partial charge on any atom is -0.461 e. The second-order valence-electron chi connectivity index (χ2n) is 3.30. The van der Waals surface area contributed by atoms with Gasteiger partial charge in [-0.15, -0.1) is 0 Å². The van der Waals surface area contributed by atoms with Crippen LogP contribution in [-0.4, -0.2) is 37.8 Å². The van der Waals surface area contributed by atoms with Gasteiger partial charge in [-0.1, -0.05) is 6.92 Å². The molecule has 0 aliphatic heterocycles. The number of hydrazine groups is 1. The van der Waals surface area contributed by atoms with Gasteiger partial charge in [-0.2, -0.15) is 0 Å². The average molecular weight is 231 g/mol. The monoisotopic (exact) mass is 231 g/mol. The first-order chi connectivity index (χ1) is 7.61. The molecule has 0 aromatic rings. The summed E-state index contributed by atoms with van der Waals surface area (Å²) in [7, 11) is 1.62. The molecule has 0 atom stereocenters. The third-order valence-electron chi connectivity index (χ3n) is 1.74. The SMILES string of the molecule is CCCOC(=O)/C(N)=C/N(N)CCCOC. The zero-order valence-electron chi connectivity index (χ0n) is 9.94. The van der Waals surface area contributed by atoms with Gasteiger partial charge in [-0.3, -0.25) is 0 Å². The number of esters is 1. The van der Waals surface area contributed by atoms with E-state index >= 15 is 0 Å². The van der Waals surface area contributed by atoms with Crippen LogP contribution in [-0.2, 0) is 14.3 Å². The van der Waals surface area contributed by atoms with E-state index in [0.29, 0.717) is 19.8 Å². The smallest absolute Gasteiger partial charge is 0.355 e. The fraction of sp³-hybridized carbons (Fsp3) is 0.700. The van der Waals surface area contributed by atoms with Crippen molar-refractivity contribution >= 4 is 5.97 Å². The largest absolute Gasteiger partial charge is 0.461 e. The molecule has 0 saturated carbocycles. The fourth-order valence-corrected chi connectivity index (χ4v) is 0.965. The van der Waals surface area contributed by atoms with Gasteiger partial charge in [0, 0.05) is 26.5 Å². The Morgan fingerprint density at radius 2 is 2.12 bits per heavy atom. The molecule has 94 valence electrons. The lowest BCUT2D eigenvalue weighted by Gasteiger charge is -2.14. The molecule has 0 aromatic carbocycles. The van der Waals surface area contributed by atoms with Gasteiger partial charge in [0.1, 0.15) is 5.70 Å². The second-order valence-corrected chi connectivity index (χ2v) is 3.30. The summed E-state index contributed by atoms with van der Waals surface area (Å²) in [6.45, 7) is 3.45. The molecular formula is C10H21N3O3. The zero-order valence-corrected chi connectivity index (χ0v) is 9.94. The third-order valence-corrected chi connectivity index (χ3v) is 1.74. The highest BCUT2D eigenvalue weighted by atomic mass is 16.5. The molecule has 0 aromatic heterocycles. The number of carbonyl (C=O) groups is 1. The molecule has 0 heterocycles. The van der Waals surface area contributed by atoms with Crippen LogP contribution in [0.25, 0.3) is 0 Å². The van der Waals surface area contributed by atoms with Crippen LogP contribution in [0.1, 0.15) is 19.8 Å². The van der Waals surface area contributed by atoms with Crippen LogP contribution in [0.2, 0.25) is 0 Å². The van der Waals surface area contributed by atoms with Crippen LogP contribution in [0.5, 0.6) is 0 Å². The molecule has 0 fully saturated rings. The first kappa shape index (κ1) is 14.7. The highest BCUT2D eigenvalue weighted by Gasteiger charge is 2.07. The minimum atomic E-state index is -0.538. The van der Waals surface area contributed by atoms with Crippen LogP contribution >= 0.6 is 0 Å². The third kappa shape index (κ3) is 7.08. The Morgan fingerprint density at radius 1 is 1.44 bits per heavy atom. The molecule has 0 spiro atoms. The van der Waals surface area contributed by atoms with E-state index in [1.54, 1.807) is 7.11 Å². The molecule has 0 radical (unpaired) electrons. The van der Waals surface area contributed by atoms with Crippen molar-refractivity contribution in [1.29, 1.82) is 0 Å². The molecule has 6 heteroatoms. The van der Waals surface area contributed by atoms with Crippen molar-refractivity contribution in [3.63, 3.8) is 0 Å². The van der Waals surface area contributed by atoms with E-state index in [4.69, 9.17) is 21.1 Å². The van der Waals surface area contributed by atoms with Gasteiger partial charge in [0.05, 0.1) is 6.61 Å². The van der Waals surface area contributed by atoms with Gasteiger partial charge < -0.3 is 20.2 Å². The Hall–Kier alpha value is -1.27. The van der Waals surface area contributed by atoms with Crippen molar-refractivity contribution in [3.8, 4) is 0 Å². The number of hydrogen-bond acceptors (Lipinski definition) is 6. The normalized spacial score (nSPS) is 11.3. The summed E-state index contributed by atoms with van der Waals surface area (Å²) in [6, 6.07) is 0. The summed E-state index contributed by atoms with van der Waals surface area (Å²) in [4.78, 5) is 11.2. The molecule has 0 aliphatic rings. The Labute approximate surface area is 96.1 Å². The lowest BCUT2D eigenvalue weighted by atomic mass is 10.4. The molecule has 4 N–H and O–H groups in total. The van der Waals surface area contributed by atoms with Crippen molar-refractivity contribution < 1.29 is 14.3 Å². The van der Waals surface area contributed by atoms with Crippen molar-refractivity contribution in [2.75, 3.05) is 26.9 Å². The van der Waals surface area contributed by atoms with Crippen molar-refractivity contribution in [2.24, 2.45) is 11.6 Å². The van der Waals surface area contributed by atoms with E-state index < -0.39 is 5.97 Å². The lowest BCUT2D eigenvalue weighted by Crippen LogP contribution is -2.30. The standard InChI is InChI=1S/C10H21N3O3/c1-3-6-16-10(14)9(11)8-13(12)5-4-7-15-2/h8H,3-7,11-12H2,1-2H3/b9-8-. The summed E-state index contributed by atoms with van der Waals surface area (Å²) in [5.41, 5.74) is 5.50. The quantitative estimate of drug-likeness (QED) is 0.200. The van der Waals surface area contributed by atoms with Gasteiger partial charge in [-0.05, 0) is 12.8 Å². The van der Waals surface area contributed by atoms with Gasteiger partial charge in [0.15, 0.2) is 0 Å². The van der Waals surface area contributed by atoms with Crippen molar-refractivity contribution in [1.82, 2.24) is 5.01 Å². The van der Waals surface area contributed by atoms with Crippen LogP contribution in [0, 0.1) is 0 Å². The summed E-state index contributed by atoms with van der Waals surface area (Å²) in [5, 5.41) is 1.35. The number of carbonyl (C=O) groups excluding carboxylic acids is 1. The highest BCUT2D eigenvalue weighted by Crippen LogP contribution is 1.94. The van der Waals surface area contributed by atoms with E-state index in [1.165, 1.54) is 11.2 Å². The molecule has 0 saturated heterocycles. The second kappa shape index (κ2) is 8.99. The maximum absolute atomic E-state index is 11.2. The van der Waals surface area contributed by atoms with E-state index in [1.807, 2.05) is 6.92 Å². The molecule has 0 aliphatic carbocycles. The van der Waals surface area contributed by atoms with Gasteiger partial charge >= 0.3 is 5.97 Å². The summed E-state index contributed by atoms with van der Waals surface area (Å²) in [6.07, 6.45) is 2.90. The van der Waals surface area contributed by atoms with E-state index in [-0.39, 0.29) is 5.70 Å². The van der Waals surface area contributed by atoms with E-state index in [9.17, 15) is 4.79 Å². The molecule has 0 amide bonds. The van der Waals surface area contributed by atoms with Crippen molar-refractivity contribution in [3.05, 3.63) is 11.9 Å². The van der Waals surface area contributed by atoms with Crippen LogP contribution in [0.15, 0.2) is 11.9 Å². The number of rotatable bonds is 8. The summed E-state index contributed by atoms with van der Waals surface area (Å²) >= 11 is 0. The molecule has 6 nitrogen and oxygen atoms in total. The molecule has 0 unspecified atom stereocenters. The zero-order chi connectivity index (χ0) is 12.4. The Morgan fingerprint density at radius 3 is 2.69 bits per heavy atom. The fourth-order valence-electron chi connectivity index (χ4n) is 0.965. The molecular weight excluding hydrogens is 210 g/mol. The maximum Gasteiger partial charge on any atom is 0.355 e. The van der Waals surface area contributed by atoms with Crippen molar-refractivity contribution in [2.45, 2.75) is 19.8 Å². The Bertz CT molecular complexity index is 231. The lowest BCUT2D eigenvalue weighted by molar-refractivity contribution is -0.139. The number of nitrogens with zero attached hydrogens (tertiary/aromatic N) is 1. The number of methoxy groups -OCH3 is 1. The first-order valence-corrected chi connectivity index (χ1v) is 5.26. The Kier molecular flexibility index (Phi) is 8.28. The van der Waals surface area contributed by atoms with E-state index in [0.717, 1.165) is 12.8 Å². The number of nitrogens with two attached hydrogens (primary N) is 2. The Balaban J connectivity index is 3.93. The van der Waals surface area contributed by atoms with Gasteiger partial charge in [-0.25, -0.2) is 10.6 Å². The predicted octanol–water partition coefficient (Wildman–Crippen LogP) is -0.0481. The van der Waals surface area contributed by atoms with Crippen LogP contribution < -0.4 is 11.6 Å². The van der Waals surface area contributed by atoms with Crippen LogP contribution in [0.4, 0.5) is 0 Å². The number of ether oxygens (including phenoxy) is 2. The first-order valence-electron chi connectivity index (χ1n) is 5.26. The molecule has 0 rings (SSSR count). The van der Waals surface area contributed by atoms with Gasteiger partial charge in [0.25, 0.3) is 0 Å². The maximum atomic E-state index is 11.2. The van der Waals surface area contributed by atoms with E-state index in [2.05, 4.69) is 0 Å². The van der Waals surface area contributed by atoms with Crippen LogP contribution in [0.3, 0.4) is 0 Å². The summed E-state index contributed by atoms with van der Waals surface area (Å²) < 4.78 is 9.71. The molecule has 0 bridgehead atoms. The minimum absolute atomic E-state index is 0.00775. The number of hydrogen-bond donors (Lipinski definition) is 2. The average Bonchev–Trinajstić information content (AvgIpc) is 2.26.